The molecule has 2 amide bonds. The molecule has 0 saturated heterocycles. The number of rotatable bonds is 10. The number of methoxy groups -OCH3 is 2. The lowest BCUT2D eigenvalue weighted by Crippen LogP contribution is -2.44. The number of hydrogen-bond acceptors (Lipinski definition) is 4. The highest BCUT2D eigenvalue weighted by Crippen LogP contribution is 2.29. The summed E-state index contributed by atoms with van der Waals surface area (Å²) in [6, 6.07) is 23.7. The Morgan fingerprint density at radius 2 is 1.48 bits per heavy atom. The molecule has 0 spiro atoms. The van der Waals surface area contributed by atoms with E-state index in [1.165, 1.54) is 0 Å². The number of nitrogens with one attached hydrogen (secondary N) is 1. The van der Waals surface area contributed by atoms with Crippen LogP contribution in [0.2, 0.25) is 0 Å². The summed E-state index contributed by atoms with van der Waals surface area (Å²) >= 11 is 0. The van der Waals surface area contributed by atoms with Crippen molar-refractivity contribution < 1.29 is 19.1 Å². The molecule has 1 N–H and O–H groups in total. The molecular weight excluding hydrogens is 416 g/mol. The first-order chi connectivity index (χ1) is 16.1. The first-order valence-electron chi connectivity index (χ1n) is 10.9. The van der Waals surface area contributed by atoms with E-state index in [2.05, 4.69) is 5.32 Å². The van der Waals surface area contributed by atoms with E-state index in [-0.39, 0.29) is 18.2 Å². The Kier molecular flexibility index (Phi) is 8.47. The summed E-state index contributed by atoms with van der Waals surface area (Å²) in [4.78, 5) is 28.5. The molecule has 0 bridgehead atoms. The summed E-state index contributed by atoms with van der Waals surface area (Å²) < 4.78 is 10.7. The minimum Gasteiger partial charge on any atom is -0.493 e. The van der Waals surface area contributed by atoms with Gasteiger partial charge >= 0.3 is 0 Å². The van der Waals surface area contributed by atoms with Crippen molar-refractivity contribution in [1.82, 2.24) is 10.2 Å². The molecule has 172 valence electrons. The molecule has 1 atom stereocenters. The van der Waals surface area contributed by atoms with Crippen molar-refractivity contribution in [2.45, 2.75) is 25.9 Å². The van der Waals surface area contributed by atoms with E-state index in [0.717, 1.165) is 16.7 Å². The minimum atomic E-state index is -0.751. The molecule has 3 rings (SSSR count). The fourth-order valence-corrected chi connectivity index (χ4v) is 3.75. The molecule has 0 aliphatic rings. The second kappa shape index (κ2) is 11.7. The molecule has 0 fully saturated rings. The molecule has 6 heteroatoms. The van der Waals surface area contributed by atoms with Crippen molar-refractivity contribution in [3.8, 4) is 11.5 Å². The van der Waals surface area contributed by atoms with Crippen molar-refractivity contribution in [3.63, 3.8) is 0 Å². The highest BCUT2D eigenvalue weighted by Gasteiger charge is 2.31. The summed E-state index contributed by atoms with van der Waals surface area (Å²) in [5.41, 5.74) is 2.49. The summed E-state index contributed by atoms with van der Waals surface area (Å²) in [6.07, 6.45) is 0.121. The maximum absolute atomic E-state index is 13.7. The van der Waals surface area contributed by atoms with Crippen LogP contribution in [0.4, 0.5) is 0 Å². The highest BCUT2D eigenvalue weighted by molar-refractivity contribution is 5.89. The minimum absolute atomic E-state index is 0.121. The summed E-state index contributed by atoms with van der Waals surface area (Å²) in [5.74, 6) is 0.784. The third-order valence-electron chi connectivity index (χ3n) is 5.35. The predicted molar refractivity (Wildman–Crippen MR) is 128 cm³/mol. The van der Waals surface area contributed by atoms with Gasteiger partial charge in [-0.3, -0.25) is 9.59 Å². The zero-order valence-corrected chi connectivity index (χ0v) is 19.3. The van der Waals surface area contributed by atoms with Crippen LogP contribution in [0.15, 0.2) is 78.9 Å². The van der Waals surface area contributed by atoms with Crippen molar-refractivity contribution >= 4 is 11.8 Å². The molecule has 0 aliphatic carbocycles. The molecule has 0 heterocycles. The Labute approximate surface area is 195 Å². The molecule has 0 aromatic heterocycles. The number of hydrogen-bond donors (Lipinski definition) is 1. The molecule has 0 unspecified atom stereocenters. The van der Waals surface area contributed by atoms with Crippen molar-refractivity contribution in [1.29, 1.82) is 0 Å². The van der Waals surface area contributed by atoms with Crippen LogP contribution >= 0.6 is 0 Å². The third kappa shape index (κ3) is 6.13. The van der Waals surface area contributed by atoms with Crippen molar-refractivity contribution in [3.05, 3.63) is 95.6 Å². The maximum Gasteiger partial charge on any atom is 0.247 e. The molecule has 0 aliphatic heterocycles. The Balaban J connectivity index is 1.98. The van der Waals surface area contributed by atoms with E-state index in [0.29, 0.717) is 24.6 Å². The van der Waals surface area contributed by atoms with Crippen LogP contribution < -0.4 is 14.8 Å². The number of benzene rings is 3. The van der Waals surface area contributed by atoms with Gasteiger partial charge in [0.1, 0.15) is 6.04 Å². The van der Waals surface area contributed by atoms with Crippen LogP contribution in [0.3, 0.4) is 0 Å². The van der Waals surface area contributed by atoms with Gasteiger partial charge in [-0.1, -0.05) is 66.7 Å². The van der Waals surface area contributed by atoms with E-state index < -0.39 is 6.04 Å². The second-order valence-electron chi connectivity index (χ2n) is 7.58. The summed E-state index contributed by atoms with van der Waals surface area (Å²) in [6.45, 7) is 2.65. The standard InChI is InChI=1S/C27H30N2O4/c1-4-28-27(31)26(22-13-9-6-10-14-22)29(19-20-11-7-5-8-12-20)25(30)18-21-15-16-23(32-2)24(17-21)33-3/h5-17,26H,4,18-19H2,1-3H3,(H,28,31)/t26-/m1/s1. The van der Waals surface area contributed by atoms with Crippen molar-refractivity contribution in [2.24, 2.45) is 0 Å². The quantitative estimate of drug-likeness (QED) is 0.508. The zero-order chi connectivity index (χ0) is 23.6. The average Bonchev–Trinajstić information content (AvgIpc) is 2.85. The van der Waals surface area contributed by atoms with Crippen LogP contribution in [0.1, 0.15) is 29.7 Å². The monoisotopic (exact) mass is 446 g/mol. The zero-order valence-electron chi connectivity index (χ0n) is 19.3. The van der Waals surface area contributed by atoms with Crippen molar-refractivity contribution in [2.75, 3.05) is 20.8 Å². The van der Waals surface area contributed by atoms with Gasteiger partial charge in [0.15, 0.2) is 11.5 Å². The summed E-state index contributed by atoms with van der Waals surface area (Å²) in [7, 11) is 3.13. The number of ether oxygens (including phenoxy) is 2. The fraction of sp³-hybridized carbons (Fsp3) is 0.259. The van der Waals surface area contributed by atoms with Crippen LogP contribution in [0, 0.1) is 0 Å². The Morgan fingerprint density at radius 1 is 0.848 bits per heavy atom. The van der Waals surface area contributed by atoms with Crippen LogP contribution in [-0.4, -0.2) is 37.5 Å². The van der Waals surface area contributed by atoms with Gasteiger partial charge in [-0.05, 0) is 35.7 Å². The van der Waals surface area contributed by atoms with Gasteiger partial charge in [0.05, 0.1) is 20.6 Å². The largest absolute Gasteiger partial charge is 0.493 e. The van der Waals surface area contributed by atoms with Gasteiger partial charge in [0.25, 0.3) is 0 Å². The molecule has 33 heavy (non-hydrogen) atoms. The van der Waals surface area contributed by atoms with E-state index in [9.17, 15) is 9.59 Å². The SMILES string of the molecule is CCNC(=O)[C@@H](c1ccccc1)N(Cc1ccccc1)C(=O)Cc1ccc(OC)c(OC)c1. The Hall–Kier alpha value is -3.80. The molecule has 3 aromatic carbocycles. The highest BCUT2D eigenvalue weighted by atomic mass is 16.5. The Bertz CT molecular complexity index is 1050. The van der Waals surface area contributed by atoms with Crippen LogP contribution in [0.5, 0.6) is 11.5 Å². The summed E-state index contributed by atoms with van der Waals surface area (Å²) in [5, 5.41) is 2.89. The fourth-order valence-electron chi connectivity index (χ4n) is 3.75. The van der Waals surface area contributed by atoms with Crippen LogP contribution in [0.25, 0.3) is 0 Å². The van der Waals surface area contributed by atoms with Gasteiger partial charge in [0.2, 0.25) is 11.8 Å². The number of nitrogens with zero attached hydrogens (tertiary/aromatic N) is 1. The first kappa shape index (κ1) is 23.9. The molecule has 6 nitrogen and oxygen atoms in total. The molecular formula is C27H30N2O4. The van der Waals surface area contributed by atoms with Gasteiger partial charge in [-0.2, -0.15) is 0 Å². The van der Waals surface area contributed by atoms with Gasteiger partial charge < -0.3 is 19.7 Å². The van der Waals surface area contributed by atoms with E-state index >= 15 is 0 Å². The first-order valence-corrected chi connectivity index (χ1v) is 10.9. The predicted octanol–water partition coefficient (Wildman–Crippen LogP) is 4.15. The average molecular weight is 447 g/mol. The lowest BCUT2D eigenvalue weighted by atomic mass is 10.0. The van der Waals surface area contributed by atoms with E-state index in [4.69, 9.17) is 9.47 Å². The number of likely N-dealkylation sites (N-methyl/N-ethyl adjacent to an activating group) is 1. The Morgan fingerprint density at radius 3 is 2.09 bits per heavy atom. The lowest BCUT2D eigenvalue weighted by molar-refractivity contribution is -0.141. The molecule has 3 aromatic rings. The number of amides is 2. The molecule has 0 radical (unpaired) electrons. The maximum atomic E-state index is 13.7. The van der Waals surface area contributed by atoms with Gasteiger partial charge in [-0.25, -0.2) is 0 Å². The number of carbonyl (C=O) groups is 2. The van der Waals surface area contributed by atoms with E-state index in [1.807, 2.05) is 73.7 Å². The topological polar surface area (TPSA) is 67.9 Å². The van der Waals surface area contributed by atoms with Gasteiger partial charge in [-0.15, -0.1) is 0 Å². The lowest BCUT2D eigenvalue weighted by Gasteiger charge is -2.31. The van der Waals surface area contributed by atoms with Gasteiger partial charge in [0, 0.05) is 13.1 Å². The molecule has 0 saturated carbocycles. The normalized spacial score (nSPS) is 11.4. The second-order valence-corrected chi connectivity index (χ2v) is 7.58. The van der Waals surface area contributed by atoms with E-state index in [1.54, 1.807) is 31.3 Å². The van der Waals surface area contributed by atoms with Crippen LogP contribution in [-0.2, 0) is 22.6 Å². The third-order valence-corrected chi connectivity index (χ3v) is 5.35. The smallest absolute Gasteiger partial charge is 0.247 e. The number of carbonyl (C=O) groups excluding carboxylic acids is 2.